The molecule has 0 saturated heterocycles. The molecule has 0 saturated carbocycles. The summed E-state index contributed by atoms with van der Waals surface area (Å²) in [7, 11) is 0. The molecule has 0 rings (SSSR count). The molecule has 0 aromatic rings. The molecule has 0 fully saturated rings. The van der Waals surface area contributed by atoms with Crippen molar-refractivity contribution in [1.82, 2.24) is 0 Å². The number of allylic oxidation sites excluding steroid dienone is 6. The van der Waals surface area contributed by atoms with Gasteiger partial charge in [-0.25, -0.2) is 0 Å². The van der Waals surface area contributed by atoms with Crippen molar-refractivity contribution in [3.8, 4) is 0 Å². The Bertz CT molecular complexity index is 322. The van der Waals surface area contributed by atoms with Crippen molar-refractivity contribution in [3.05, 3.63) is 48.8 Å². The molecule has 0 aromatic carbocycles. The molecule has 1 N–H and O–H groups in total. The summed E-state index contributed by atoms with van der Waals surface area (Å²) in [5, 5.41) is 8.78. The van der Waals surface area contributed by atoms with Crippen LogP contribution in [0.1, 0.15) is 12.8 Å². The highest BCUT2D eigenvalue weighted by Gasteiger charge is 2.01. The van der Waals surface area contributed by atoms with E-state index < -0.39 is 5.76 Å². The summed E-state index contributed by atoms with van der Waals surface area (Å²) in [5.41, 5.74) is 0.886. The van der Waals surface area contributed by atoms with E-state index in [9.17, 15) is 9.59 Å². The molecular weight excluding hydrogens is 192 g/mol. The van der Waals surface area contributed by atoms with Crippen LogP contribution < -0.4 is 0 Å². The second-order valence-corrected chi connectivity index (χ2v) is 2.83. The van der Waals surface area contributed by atoms with Gasteiger partial charge in [-0.1, -0.05) is 31.4 Å². The maximum Gasteiger partial charge on any atom is 0.184 e. The molecule has 0 unspecified atom stereocenters. The summed E-state index contributed by atoms with van der Waals surface area (Å²) in [4.78, 5) is 21.2. The van der Waals surface area contributed by atoms with Crippen molar-refractivity contribution in [2.75, 3.05) is 0 Å². The summed E-state index contributed by atoms with van der Waals surface area (Å²) < 4.78 is 0. The van der Waals surface area contributed by atoms with E-state index in [1.165, 1.54) is 0 Å². The van der Waals surface area contributed by atoms with Crippen LogP contribution in [0.25, 0.3) is 0 Å². The minimum atomic E-state index is -0.548. The van der Waals surface area contributed by atoms with E-state index in [2.05, 4.69) is 13.2 Å². The molecule has 0 aromatic heterocycles. The van der Waals surface area contributed by atoms with Crippen molar-refractivity contribution >= 4 is 12.1 Å². The van der Waals surface area contributed by atoms with Crippen LogP contribution in [0.15, 0.2) is 48.8 Å². The van der Waals surface area contributed by atoms with E-state index in [0.717, 1.165) is 11.6 Å². The monoisotopic (exact) mass is 206 g/mol. The lowest BCUT2D eigenvalue weighted by Gasteiger charge is -1.98. The number of hydrogen-bond donors (Lipinski definition) is 1. The van der Waals surface area contributed by atoms with Gasteiger partial charge in [0.05, 0.1) is 0 Å². The lowest BCUT2D eigenvalue weighted by molar-refractivity contribution is -0.115. The average Bonchev–Trinajstić information content (AvgIpc) is 2.23. The average molecular weight is 206 g/mol. The van der Waals surface area contributed by atoms with E-state index in [4.69, 9.17) is 5.11 Å². The zero-order valence-corrected chi connectivity index (χ0v) is 8.48. The molecule has 3 nitrogen and oxygen atoms in total. The van der Waals surface area contributed by atoms with Gasteiger partial charge in [0.2, 0.25) is 0 Å². The van der Waals surface area contributed by atoms with Gasteiger partial charge in [-0.3, -0.25) is 9.59 Å². The molecule has 0 bridgehead atoms. The largest absolute Gasteiger partial charge is 0.504 e. The Morgan fingerprint density at radius 2 is 1.93 bits per heavy atom. The van der Waals surface area contributed by atoms with Gasteiger partial charge in [0.15, 0.2) is 17.8 Å². The van der Waals surface area contributed by atoms with E-state index in [1.54, 1.807) is 18.2 Å². The van der Waals surface area contributed by atoms with E-state index in [-0.39, 0.29) is 18.5 Å². The predicted molar refractivity (Wildman–Crippen MR) is 59.5 cm³/mol. The highest BCUT2D eigenvalue weighted by molar-refractivity contribution is 5.94. The number of aliphatic hydroxyl groups is 1. The molecule has 0 aliphatic carbocycles. The van der Waals surface area contributed by atoms with Gasteiger partial charge in [-0.15, -0.1) is 0 Å². The lowest BCUT2D eigenvalue weighted by Crippen LogP contribution is -1.96. The van der Waals surface area contributed by atoms with Crippen LogP contribution in [-0.4, -0.2) is 17.2 Å². The first-order valence-corrected chi connectivity index (χ1v) is 4.46. The molecule has 0 aliphatic rings. The highest BCUT2D eigenvalue weighted by Crippen LogP contribution is 2.07. The minimum Gasteiger partial charge on any atom is -0.504 e. The normalized spacial score (nSPS) is 12.0. The SMILES string of the molecule is C=C/C=C(\C=C)CCC(=O)/C=C(\O)C=O. The molecule has 0 atom stereocenters. The van der Waals surface area contributed by atoms with Crippen molar-refractivity contribution in [3.63, 3.8) is 0 Å². The van der Waals surface area contributed by atoms with E-state index in [1.807, 2.05) is 0 Å². The van der Waals surface area contributed by atoms with Gasteiger partial charge in [-0.05, 0) is 12.0 Å². The second kappa shape index (κ2) is 7.50. The summed E-state index contributed by atoms with van der Waals surface area (Å²) in [6.45, 7) is 7.12. The number of carbonyl (C=O) groups is 2. The van der Waals surface area contributed by atoms with Crippen LogP contribution in [0, 0.1) is 0 Å². The molecule has 0 amide bonds. The van der Waals surface area contributed by atoms with E-state index >= 15 is 0 Å². The van der Waals surface area contributed by atoms with Gasteiger partial charge in [-0.2, -0.15) is 0 Å². The first-order chi connectivity index (χ1) is 7.13. The maximum atomic E-state index is 11.2. The summed E-state index contributed by atoms with van der Waals surface area (Å²) in [6, 6.07) is 0. The summed E-state index contributed by atoms with van der Waals surface area (Å²) in [6.07, 6.45) is 6.89. The molecular formula is C12H14O3. The van der Waals surface area contributed by atoms with E-state index in [0.29, 0.717) is 6.42 Å². The van der Waals surface area contributed by atoms with Crippen molar-refractivity contribution in [2.24, 2.45) is 0 Å². The number of aldehydes is 1. The Morgan fingerprint density at radius 1 is 1.27 bits per heavy atom. The van der Waals surface area contributed by atoms with Crippen LogP contribution >= 0.6 is 0 Å². The van der Waals surface area contributed by atoms with Crippen molar-refractivity contribution < 1.29 is 14.7 Å². The van der Waals surface area contributed by atoms with Gasteiger partial charge in [0, 0.05) is 12.5 Å². The number of aliphatic hydroxyl groups excluding tert-OH is 1. The van der Waals surface area contributed by atoms with Gasteiger partial charge in [0.25, 0.3) is 0 Å². The molecule has 15 heavy (non-hydrogen) atoms. The molecule has 0 aliphatic heterocycles. The number of rotatable bonds is 7. The molecule has 0 spiro atoms. The van der Waals surface area contributed by atoms with Gasteiger partial charge >= 0.3 is 0 Å². The molecule has 0 radical (unpaired) electrons. The number of carbonyl (C=O) groups excluding carboxylic acids is 2. The second-order valence-electron chi connectivity index (χ2n) is 2.83. The fraction of sp³-hybridized carbons (Fsp3) is 0.167. The predicted octanol–water partition coefficient (Wildman–Crippen LogP) is 2.27. The zero-order chi connectivity index (χ0) is 11.7. The van der Waals surface area contributed by atoms with Crippen molar-refractivity contribution in [2.45, 2.75) is 12.8 Å². The number of ketones is 1. The first kappa shape index (κ1) is 13.1. The molecule has 80 valence electrons. The van der Waals surface area contributed by atoms with Crippen molar-refractivity contribution in [1.29, 1.82) is 0 Å². The minimum absolute atomic E-state index is 0.226. The third kappa shape index (κ3) is 6.21. The molecule has 3 heteroatoms. The third-order valence-corrected chi connectivity index (χ3v) is 1.68. The van der Waals surface area contributed by atoms with Crippen LogP contribution in [0.4, 0.5) is 0 Å². The Hall–Kier alpha value is -1.90. The van der Waals surface area contributed by atoms with Gasteiger partial charge in [0.1, 0.15) is 0 Å². The van der Waals surface area contributed by atoms with Crippen LogP contribution in [0.3, 0.4) is 0 Å². The zero-order valence-electron chi connectivity index (χ0n) is 8.48. The Labute approximate surface area is 89.1 Å². The topological polar surface area (TPSA) is 54.4 Å². The fourth-order valence-electron chi connectivity index (χ4n) is 0.943. The van der Waals surface area contributed by atoms with Gasteiger partial charge < -0.3 is 5.11 Å². The maximum absolute atomic E-state index is 11.2. The highest BCUT2D eigenvalue weighted by atomic mass is 16.3. The van der Waals surface area contributed by atoms with Crippen LogP contribution in [-0.2, 0) is 9.59 Å². The Morgan fingerprint density at radius 3 is 2.40 bits per heavy atom. The summed E-state index contributed by atoms with van der Waals surface area (Å²) in [5.74, 6) is -0.843. The smallest absolute Gasteiger partial charge is 0.184 e. The standard InChI is InChI=1S/C12H14O3/c1-3-5-10(4-2)6-7-11(14)8-12(15)9-13/h3-5,8-9,15H,1-2,6-7H2/b10-5+,12-8-. The quantitative estimate of drug-likeness (QED) is 0.301. The lowest BCUT2D eigenvalue weighted by atomic mass is 10.1. The fourth-order valence-corrected chi connectivity index (χ4v) is 0.943. The molecule has 0 heterocycles. The first-order valence-electron chi connectivity index (χ1n) is 4.46. The third-order valence-electron chi connectivity index (χ3n) is 1.68. The van der Waals surface area contributed by atoms with Crippen LogP contribution in [0.5, 0.6) is 0 Å². The summed E-state index contributed by atoms with van der Waals surface area (Å²) >= 11 is 0. The Balaban J connectivity index is 4.21. The Kier molecular flexibility index (Phi) is 6.55. The number of hydrogen-bond acceptors (Lipinski definition) is 3. The van der Waals surface area contributed by atoms with Crippen LogP contribution in [0.2, 0.25) is 0 Å².